The van der Waals surface area contributed by atoms with Crippen molar-refractivity contribution in [2.45, 2.75) is 6.92 Å². The van der Waals surface area contributed by atoms with E-state index in [-0.39, 0.29) is 19.1 Å². The minimum atomic E-state index is -0.173. The zero-order valence-corrected chi connectivity index (χ0v) is 10.8. The summed E-state index contributed by atoms with van der Waals surface area (Å²) < 4.78 is 4.74. The van der Waals surface area contributed by atoms with Crippen LogP contribution in [0.3, 0.4) is 0 Å². The zero-order valence-electron chi connectivity index (χ0n) is 10.8. The molecule has 0 saturated heterocycles. The largest absolute Gasteiger partial charge is 0.395 e. The van der Waals surface area contributed by atoms with Gasteiger partial charge in [0.25, 0.3) is 0 Å². The second-order valence-electron chi connectivity index (χ2n) is 3.83. The van der Waals surface area contributed by atoms with Gasteiger partial charge in [-0.1, -0.05) is 0 Å². The predicted molar refractivity (Wildman–Crippen MR) is 71.9 cm³/mol. The first-order chi connectivity index (χ1) is 8.71. The van der Waals surface area contributed by atoms with Crippen LogP contribution in [0, 0.1) is 0 Å². The highest BCUT2D eigenvalue weighted by Gasteiger charge is 2.04. The highest BCUT2D eigenvalue weighted by Crippen LogP contribution is 2.17. The van der Waals surface area contributed by atoms with E-state index in [1.165, 1.54) is 7.11 Å². The summed E-state index contributed by atoms with van der Waals surface area (Å²) in [5.74, 6) is -0.173. The molecule has 0 spiro atoms. The van der Waals surface area contributed by atoms with E-state index in [0.717, 1.165) is 17.9 Å². The Morgan fingerprint density at radius 2 is 2.06 bits per heavy atom. The highest BCUT2D eigenvalue weighted by atomic mass is 16.5. The summed E-state index contributed by atoms with van der Waals surface area (Å²) in [6, 6.07) is 7.51. The van der Waals surface area contributed by atoms with Crippen LogP contribution < -0.4 is 10.2 Å². The number of benzene rings is 1. The van der Waals surface area contributed by atoms with Gasteiger partial charge in [-0.15, -0.1) is 0 Å². The van der Waals surface area contributed by atoms with Gasteiger partial charge in [-0.3, -0.25) is 4.79 Å². The average molecular weight is 252 g/mol. The lowest BCUT2D eigenvalue weighted by molar-refractivity contribution is -0.119. The van der Waals surface area contributed by atoms with Crippen molar-refractivity contribution in [2.75, 3.05) is 43.6 Å². The quantitative estimate of drug-likeness (QED) is 0.762. The Kier molecular flexibility index (Phi) is 6.18. The molecular weight excluding hydrogens is 232 g/mol. The van der Waals surface area contributed by atoms with Gasteiger partial charge in [-0.25, -0.2) is 0 Å². The Morgan fingerprint density at radius 1 is 1.39 bits per heavy atom. The summed E-state index contributed by atoms with van der Waals surface area (Å²) in [4.78, 5) is 13.4. The Bertz CT molecular complexity index is 365. The van der Waals surface area contributed by atoms with Crippen molar-refractivity contribution in [3.63, 3.8) is 0 Å². The Hall–Kier alpha value is -1.59. The van der Waals surface area contributed by atoms with Crippen LogP contribution in [0.25, 0.3) is 0 Å². The number of aliphatic hydroxyl groups is 1. The maximum atomic E-state index is 11.3. The second kappa shape index (κ2) is 7.68. The average Bonchev–Trinajstić information content (AvgIpc) is 2.37. The van der Waals surface area contributed by atoms with Crippen molar-refractivity contribution in [3.05, 3.63) is 24.3 Å². The van der Waals surface area contributed by atoms with Gasteiger partial charge in [0.05, 0.1) is 6.61 Å². The number of likely N-dealkylation sites (N-methyl/N-ethyl adjacent to an activating group) is 1. The maximum Gasteiger partial charge on any atom is 0.250 e. The van der Waals surface area contributed by atoms with Gasteiger partial charge in [0.1, 0.15) is 6.61 Å². The fourth-order valence-electron chi connectivity index (χ4n) is 1.67. The second-order valence-corrected chi connectivity index (χ2v) is 3.83. The monoisotopic (exact) mass is 252 g/mol. The number of aliphatic hydroxyl groups excluding tert-OH is 1. The lowest BCUT2D eigenvalue weighted by Gasteiger charge is -2.22. The van der Waals surface area contributed by atoms with E-state index in [2.05, 4.69) is 10.2 Å². The van der Waals surface area contributed by atoms with Crippen molar-refractivity contribution in [3.8, 4) is 0 Å². The summed E-state index contributed by atoms with van der Waals surface area (Å²) in [5, 5.41) is 11.7. The Labute approximate surface area is 107 Å². The number of amides is 1. The molecule has 0 heterocycles. The lowest BCUT2D eigenvalue weighted by Crippen LogP contribution is -2.26. The maximum absolute atomic E-state index is 11.3. The number of carbonyl (C=O) groups excluding carboxylic acids is 1. The fraction of sp³-hybridized carbons (Fsp3) is 0.462. The first kappa shape index (κ1) is 14.5. The van der Waals surface area contributed by atoms with Crippen molar-refractivity contribution in [2.24, 2.45) is 0 Å². The van der Waals surface area contributed by atoms with E-state index >= 15 is 0 Å². The van der Waals surface area contributed by atoms with Crippen LogP contribution >= 0.6 is 0 Å². The number of nitrogens with one attached hydrogen (secondary N) is 1. The van der Waals surface area contributed by atoms with Crippen LogP contribution in [-0.4, -0.2) is 44.4 Å². The Morgan fingerprint density at radius 3 is 2.56 bits per heavy atom. The van der Waals surface area contributed by atoms with Gasteiger partial charge in [-0.2, -0.15) is 0 Å². The summed E-state index contributed by atoms with van der Waals surface area (Å²) >= 11 is 0. The number of nitrogens with zero attached hydrogens (tertiary/aromatic N) is 1. The van der Waals surface area contributed by atoms with Gasteiger partial charge in [0.2, 0.25) is 5.91 Å². The minimum absolute atomic E-state index is 0.0490. The molecule has 0 unspecified atom stereocenters. The van der Waals surface area contributed by atoms with Crippen molar-refractivity contribution < 1.29 is 14.6 Å². The van der Waals surface area contributed by atoms with E-state index < -0.39 is 0 Å². The van der Waals surface area contributed by atoms with Gasteiger partial charge in [0.15, 0.2) is 0 Å². The van der Waals surface area contributed by atoms with E-state index in [4.69, 9.17) is 9.84 Å². The molecule has 5 nitrogen and oxygen atoms in total. The van der Waals surface area contributed by atoms with Crippen LogP contribution in [0.2, 0.25) is 0 Å². The molecule has 1 aromatic carbocycles. The van der Waals surface area contributed by atoms with Gasteiger partial charge in [-0.05, 0) is 31.2 Å². The molecule has 1 aromatic rings. The number of methoxy groups -OCH3 is 1. The number of ether oxygens (including phenoxy) is 1. The number of hydrogen-bond acceptors (Lipinski definition) is 4. The predicted octanol–water partition coefficient (Wildman–Crippen LogP) is 1.09. The molecule has 2 N–H and O–H groups in total. The van der Waals surface area contributed by atoms with Crippen molar-refractivity contribution in [1.29, 1.82) is 0 Å². The first-order valence-corrected chi connectivity index (χ1v) is 5.96. The molecule has 0 aliphatic heterocycles. The topological polar surface area (TPSA) is 61.8 Å². The van der Waals surface area contributed by atoms with E-state index in [9.17, 15) is 4.79 Å². The van der Waals surface area contributed by atoms with Crippen LogP contribution in [0.5, 0.6) is 0 Å². The Balaban J connectivity index is 2.64. The summed E-state index contributed by atoms with van der Waals surface area (Å²) in [7, 11) is 1.48. The van der Waals surface area contributed by atoms with Gasteiger partial charge in [0, 0.05) is 31.6 Å². The van der Waals surface area contributed by atoms with E-state index in [0.29, 0.717) is 6.54 Å². The molecule has 0 fully saturated rings. The third kappa shape index (κ3) is 4.35. The molecule has 18 heavy (non-hydrogen) atoms. The molecule has 0 radical (unpaired) electrons. The molecule has 0 atom stereocenters. The van der Waals surface area contributed by atoms with Gasteiger partial charge >= 0.3 is 0 Å². The van der Waals surface area contributed by atoms with E-state index in [1.54, 1.807) is 0 Å². The minimum Gasteiger partial charge on any atom is -0.395 e. The number of hydrogen-bond donors (Lipinski definition) is 2. The summed E-state index contributed by atoms with van der Waals surface area (Å²) in [5.41, 5.74) is 1.76. The normalized spacial score (nSPS) is 10.2. The molecule has 0 aromatic heterocycles. The molecular formula is C13H20N2O3. The molecule has 1 rings (SSSR count). The summed E-state index contributed by atoms with van der Waals surface area (Å²) in [6.07, 6.45) is 0. The van der Waals surface area contributed by atoms with Crippen LogP contribution in [0.1, 0.15) is 6.92 Å². The first-order valence-electron chi connectivity index (χ1n) is 5.96. The van der Waals surface area contributed by atoms with Crippen LogP contribution in [-0.2, 0) is 9.53 Å². The fourth-order valence-corrected chi connectivity index (χ4v) is 1.67. The third-order valence-electron chi connectivity index (χ3n) is 2.54. The smallest absolute Gasteiger partial charge is 0.250 e. The third-order valence-corrected chi connectivity index (χ3v) is 2.54. The van der Waals surface area contributed by atoms with Gasteiger partial charge < -0.3 is 20.1 Å². The number of anilines is 2. The zero-order chi connectivity index (χ0) is 13.4. The molecule has 0 aliphatic carbocycles. The van der Waals surface area contributed by atoms with E-state index in [1.807, 2.05) is 31.2 Å². The van der Waals surface area contributed by atoms with Crippen LogP contribution in [0.4, 0.5) is 11.4 Å². The number of carbonyl (C=O) groups is 1. The highest BCUT2D eigenvalue weighted by molar-refractivity contribution is 5.91. The molecule has 0 bridgehead atoms. The summed E-state index contributed by atoms with van der Waals surface area (Å²) in [6.45, 7) is 3.64. The molecule has 5 heteroatoms. The van der Waals surface area contributed by atoms with Crippen LogP contribution in [0.15, 0.2) is 24.3 Å². The lowest BCUT2D eigenvalue weighted by atomic mass is 10.2. The standard InChI is InChI=1S/C13H20N2O3/c1-3-15(8-9-16)12-6-4-11(5-7-12)14-13(17)10-18-2/h4-7,16H,3,8-10H2,1-2H3,(H,14,17). The SMILES string of the molecule is CCN(CCO)c1ccc(NC(=O)COC)cc1. The molecule has 0 aliphatic rings. The van der Waals surface area contributed by atoms with Crippen molar-refractivity contribution >= 4 is 17.3 Å². The molecule has 100 valence electrons. The van der Waals surface area contributed by atoms with Crippen molar-refractivity contribution in [1.82, 2.24) is 0 Å². The number of rotatable bonds is 7. The molecule has 1 amide bonds. The molecule has 0 saturated carbocycles.